The lowest BCUT2D eigenvalue weighted by molar-refractivity contribution is -0.165. The van der Waals surface area contributed by atoms with Crippen LogP contribution in [0.5, 0.6) is 0 Å². The predicted octanol–water partition coefficient (Wildman–Crippen LogP) is 2.61. The van der Waals surface area contributed by atoms with Gasteiger partial charge < -0.3 is 5.11 Å². The Hall–Kier alpha value is -1.00. The summed E-state index contributed by atoms with van der Waals surface area (Å²) in [7, 11) is 0. The Balaban J connectivity index is 4.70. The summed E-state index contributed by atoms with van der Waals surface area (Å²) >= 11 is 0. The van der Waals surface area contributed by atoms with Crippen LogP contribution in [0.3, 0.4) is 0 Å². The van der Waals surface area contributed by atoms with E-state index in [-0.39, 0.29) is 6.08 Å². The predicted molar refractivity (Wildman–Crippen MR) is 41.2 cm³/mol. The number of alkyl halides is 3. The maximum absolute atomic E-state index is 11.7. The first-order valence-electron chi connectivity index (χ1n) is 3.57. The minimum Gasteiger partial charge on any atom is -0.512 e. The van der Waals surface area contributed by atoms with Gasteiger partial charge in [-0.15, -0.1) is 0 Å². The smallest absolute Gasteiger partial charge is 0.454 e. The molecule has 0 heterocycles. The lowest BCUT2D eigenvalue weighted by Gasteiger charge is -2.16. The lowest BCUT2D eigenvalue weighted by Crippen LogP contribution is -2.22. The van der Waals surface area contributed by atoms with Crippen molar-refractivity contribution in [3.05, 3.63) is 11.8 Å². The number of carbonyl (C=O) groups excluding carboxylic acids is 1. The van der Waals surface area contributed by atoms with Crippen molar-refractivity contribution in [2.45, 2.75) is 26.9 Å². The van der Waals surface area contributed by atoms with Gasteiger partial charge >= 0.3 is 6.18 Å². The first kappa shape index (κ1) is 12.0. The van der Waals surface area contributed by atoms with Crippen LogP contribution in [-0.4, -0.2) is 17.1 Å². The normalized spacial score (nSPS) is 14.5. The topological polar surface area (TPSA) is 37.3 Å². The van der Waals surface area contributed by atoms with E-state index in [1.54, 1.807) is 0 Å². The van der Waals surface area contributed by atoms with E-state index in [2.05, 4.69) is 0 Å². The third-order valence-electron chi connectivity index (χ3n) is 1.32. The van der Waals surface area contributed by atoms with Gasteiger partial charge in [0.15, 0.2) is 0 Å². The zero-order chi connectivity index (χ0) is 10.9. The maximum Gasteiger partial charge on any atom is 0.454 e. The van der Waals surface area contributed by atoms with E-state index in [1.165, 1.54) is 20.8 Å². The molecule has 0 saturated heterocycles. The molecule has 0 fully saturated rings. The van der Waals surface area contributed by atoms with Gasteiger partial charge in [0, 0.05) is 11.5 Å². The van der Waals surface area contributed by atoms with Gasteiger partial charge in [-0.3, -0.25) is 4.79 Å². The Labute approximate surface area is 74.1 Å². The molecule has 2 nitrogen and oxygen atoms in total. The highest BCUT2D eigenvalue weighted by molar-refractivity contribution is 5.94. The van der Waals surface area contributed by atoms with Crippen molar-refractivity contribution >= 4 is 5.78 Å². The molecular formula is C8H11F3O2. The van der Waals surface area contributed by atoms with Gasteiger partial charge in [-0.05, 0) is 0 Å². The number of carbonyl (C=O) groups is 1. The van der Waals surface area contributed by atoms with Gasteiger partial charge in [0.25, 0.3) is 5.78 Å². The molecule has 0 aliphatic carbocycles. The Morgan fingerprint density at radius 2 is 1.62 bits per heavy atom. The standard InChI is InChI=1S/C8H11F3O2/c1-7(2,3)5(12)4-6(13)8(9,10)11/h4,12H,1-3H3/b5-4-. The molecule has 0 rings (SSSR count). The summed E-state index contributed by atoms with van der Waals surface area (Å²) in [6.45, 7) is 4.51. The number of hydrogen-bond acceptors (Lipinski definition) is 2. The van der Waals surface area contributed by atoms with Crippen LogP contribution >= 0.6 is 0 Å². The van der Waals surface area contributed by atoms with E-state index in [1.807, 2.05) is 0 Å². The summed E-state index contributed by atoms with van der Waals surface area (Å²) in [4.78, 5) is 10.4. The number of hydrogen-bond donors (Lipinski definition) is 1. The molecule has 76 valence electrons. The Morgan fingerprint density at radius 1 is 1.23 bits per heavy atom. The fourth-order valence-corrected chi connectivity index (χ4v) is 0.423. The highest BCUT2D eigenvalue weighted by Gasteiger charge is 2.37. The van der Waals surface area contributed by atoms with Crippen molar-refractivity contribution in [3.63, 3.8) is 0 Å². The van der Waals surface area contributed by atoms with Crippen LogP contribution in [0, 0.1) is 5.41 Å². The van der Waals surface area contributed by atoms with Crippen molar-refractivity contribution in [3.8, 4) is 0 Å². The second-order valence-corrected chi connectivity index (χ2v) is 3.64. The summed E-state index contributed by atoms with van der Waals surface area (Å²) in [6.07, 6.45) is -4.71. The molecular weight excluding hydrogens is 185 g/mol. The second kappa shape index (κ2) is 3.40. The third kappa shape index (κ3) is 3.96. The minimum absolute atomic E-state index is 0.208. The summed E-state index contributed by atoms with van der Waals surface area (Å²) < 4.78 is 35.1. The van der Waals surface area contributed by atoms with Crippen LogP contribution in [0.25, 0.3) is 0 Å². The van der Waals surface area contributed by atoms with E-state index < -0.39 is 23.1 Å². The Bertz CT molecular complexity index is 233. The van der Waals surface area contributed by atoms with Gasteiger partial charge in [-0.25, -0.2) is 0 Å². The molecule has 0 radical (unpaired) electrons. The van der Waals surface area contributed by atoms with Gasteiger partial charge in [0.05, 0.1) is 0 Å². The number of aliphatic hydroxyl groups is 1. The monoisotopic (exact) mass is 196 g/mol. The molecule has 0 aliphatic heterocycles. The summed E-state index contributed by atoms with van der Waals surface area (Å²) in [5, 5.41) is 9.06. The molecule has 0 saturated carbocycles. The number of rotatable bonds is 1. The first-order chi connectivity index (χ1) is 5.55. The summed E-state index contributed by atoms with van der Waals surface area (Å²) in [6, 6.07) is 0. The minimum atomic E-state index is -4.92. The number of aliphatic hydroxyl groups excluding tert-OH is 1. The quantitative estimate of drug-likeness (QED) is 0.517. The van der Waals surface area contributed by atoms with Crippen molar-refractivity contribution in [2.24, 2.45) is 5.41 Å². The van der Waals surface area contributed by atoms with E-state index in [0.29, 0.717) is 0 Å². The molecule has 1 N–H and O–H groups in total. The molecule has 0 aliphatic rings. The Kier molecular flexibility index (Phi) is 3.13. The third-order valence-corrected chi connectivity index (χ3v) is 1.32. The molecule has 0 bridgehead atoms. The molecule has 5 heteroatoms. The molecule has 0 amide bonds. The van der Waals surface area contributed by atoms with Crippen molar-refractivity contribution in [2.75, 3.05) is 0 Å². The van der Waals surface area contributed by atoms with Gasteiger partial charge in [0.1, 0.15) is 5.76 Å². The van der Waals surface area contributed by atoms with Crippen LogP contribution in [-0.2, 0) is 4.79 Å². The average Bonchev–Trinajstić information content (AvgIpc) is 1.82. The van der Waals surface area contributed by atoms with Crippen LogP contribution in [0.1, 0.15) is 20.8 Å². The molecule has 0 aromatic rings. The van der Waals surface area contributed by atoms with Crippen LogP contribution in [0.4, 0.5) is 13.2 Å². The molecule has 13 heavy (non-hydrogen) atoms. The SMILES string of the molecule is CC(C)(C)/C(O)=C/C(=O)C(F)(F)F. The van der Waals surface area contributed by atoms with Crippen molar-refractivity contribution in [1.29, 1.82) is 0 Å². The molecule has 0 aromatic carbocycles. The fraction of sp³-hybridized carbons (Fsp3) is 0.625. The molecule has 0 unspecified atom stereocenters. The summed E-state index contributed by atoms with van der Waals surface area (Å²) in [5.74, 6) is -2.62. The zero-order valence-corrected chi connectivity index (χ0v) is 7.57. The van der Waals surface area contributed by atoms with Gasteiger partial charge in [-0.1, -0.05) is 20.8 Å². The van der Waals surface area contributed by atoms with E-state index in [4.69, 9.17) is 5.11 Å². The van der Waals surface area contributed by atoms with Crippen molar-refractivity contribution in [1.82, 2.24) is 0 Å². The molecule has 0 spiro atoms. The molecule has 0 aromatic heterocycles. The van der Waals surface area contributed by atoms with E-state index >= 15 is 0 Å². The lowest BCUT2D eigenvalue weighted by atomic mass is 9.93. The van der Waals surface area contributed by atoms with Gasteiger partial charge in [0.2, 0.25) is 0 Å². The highest BCUT2D eigenvalue weighted by atomic mass is 19.4. The van der Waals surface area contributed by atoms with Crippen LogP contribution < -0.4 is 0 Å². The zero-order valence-electron chi connectivity index (χ0n) is 7.57. The Morgan fingerprint density at radius 3 is 1.85 bits per heavy atom. The highest BCUT2D eigenvalue weighted by Crippen LogP contribution is 2.25. The van der Waals surface area contributed by atoms with E-state index in [0.717, 1.165) is 0 Å². The fourth-order valence-electron chi connectivity index (χ4n) is 0.423. The number of halogens is 3. The summed E-state index contributed by atoms with van der Waals surface area (Å²) in [5.41, 5.74) is -0.846. The largest absolute Gasteiger partial charge is 0.512 e. The number of ketones is 1. The van der Waals surface area contributed by atoms with Crippen molar-refractivity contribution < 1.29 is 23.1 Å². The van der Waals surface area contributed by atoms with Crippen LogP contribution in [0.2, 0.25) is 0 Å². The van der Waals surface area contributed by atoms with E-state index in [9.17, 15) is 18.0 Å². The second-order valence-electron chi connectivity index (χ2n) is 3.64. The molecule has 0 atom stereocenters. The van der Waals surface area contributed by atoms with Gasteiger partial charge in [-0.2, -0.15) is 13.2 Å². The number of allylic oxidation sites excluding steroid dienone is 2. The first-order valence-corrected chi connectivity index (χ1v) is 3.57. The average molecular weight is 196 g/mol. The maximum atomic E-state index is 11.7. The van der Waals surface area contributed by atoms with Crippen LogP contribution in [0.15, 0.2) is 11.8 Å².